The van der Waals surface area contributed by atoms with Crippen LogP contribution in [0.4, 0.5) is 4.39 Å². The summed E-state index contributed by atoms with van der Waals surface area (Å²) in [7, 11) is 0. The Morgan fingerprint density at radius 3 is 2.72 bits per heavy atom. The lowest BCUT2D eigenvalue weighted by molar-refractivity contribution is 0.628. The van der Waals surface area contributed by atoms with E-state index < -0.39 is 0 Å². The van der Waals surface area contributed by atoms with E-state index in [0.29, 0.717) is 11.6 Å². The molecular formula is C19H16ClFN4. The maximum atomic E-state index is 13.5. The highest BCUT2D eigenvalue weighted by atomic mass is 35.5. The first kappa shape index (κ1) is 15.8. The van der Waals surface area contributed by atoms with Crippen molar-refractivity contribution in [1.29, 1.82) is 0 Å². The van der Waals surface area contributed by atoms with E-state index in [9.17, 15) is 4.39 Å². The lowest BCUT2D eigenvalue weighted by Crippen LogP contribution is -2.06. The number of aromatic nitrogens is 4. The molecule has 4 aromatic rings. The van der Waals surface area contributed by atoms with E-state index in [4.69, 9.17) is 11.6 Å². The summed E-state index contributed by atoms with van der Waals surface area (Å²) < 4.78 is 17.4. The van der Waals surface area contributed by atoms with E-state index in [-0.39, 0.29) is 5.82 Å². The molecule has 0 aliphatic heterocycles. The molecule has 4 nitrogen and oxygen atoms in total. The third kappa shape index (κ3) is 2.51. The first-order chi connectivity index (χ1) is 12.1. The van der Waals surface area contributed by atoms with E-state index in [0.717, 1.165) is 33.7 Å². The second kappa shape index (κ2) is 6.01. The van der Waals surface area contributed by atoms with Gasteiger partial charge in [-0.15, -0.1) is 0 Å². The van der Waals surface area contributed by atoms with Crippen LogP contribution in [0.25, 0.3) is 28.0 Å². The number of fused-ring (bicyclic) bond motifs is 1. The van der Waals surface area contributed by atoms with Gasteiger partial charge in [-0.2, -0.15) is 5.10 Å². The van der Waals surface area contributed by atoms with Crippen LogP contribution in [0, 0.1) is 12.7 Å². The molecule has 126 valence electrons. The van der Waals surface area contributed by atoms with Crippen molar-refractivity contribution in [2.24, 2.45) is 0 Å². The van der Waals surface area contributed by atoms with Crippen LogP contribution in [-0.4, -0.2) is 19.3 Å². The standard InChI is InChI=1S/C19H16ClFN4/c1-3-25-19(24-11-22-16-6-4-5-7-17(16)24)18(12(2)23-25)14-9-8-13(21)10-15(14)20/h4-11H,3H2,1-2H3. The number of para-hydroxylation sites is 2. The summed E-state index contributed by atoms with van der Waals surface area (Å²) >= 11 is 6.34. The molecule has 2 aromatic heterocycles. The molecule has 0 atom stereocenters. The summed E-state index contributed by atoms with van der Waals surface area (Å²) in [5.74, 6) is 0.520. The van der Waals surface area contributed by atoms with Gasteiger partial charge in [0.1, 0.15) is 18.0 Å². The van der Waals surface area contributed by atoms with Crippen LogP contribution in [0.3, 0.4) is 0 Å². The van der Waals surface area contributed by atoms with Gasteiger partial charge in [0.2, 0.25) is 0 Å². The fourth-order valence-electron chi connectivity index (χ4n) is 3.17. The van der Waals surface area contributed by atoms with Crippen molar-refractivity contribution >= 4 is 22.6 Å². The van der Waals surface area contributed by atoms with Crippen molar-refractivity contribution in [3.63, 3.8) is 0 Å². The summed E-state index contributed by atoms with van der Waals surface area (Å²) in [4.78, 5) is 4.48. The number of nitrogens with zero attached hydrogens (tertiary/aromatic N) is 4. The topological polar surface area (TPSA) is 35.6 Å². The molecule has 25 heavy (non-hydrogen) atoms. The molecular weight excluding hydrogens is 339 g/mol. The molecule has 0 aliphatic rings. The van der Waals surface area contributed by atoms with Crippen LogP contribution >= 0.6 is 11.6 Å². The van der Waals surface area contributed by atoms with Gasteiger partial charge in [-0.05, 0) is 44.2 Å². The van der Waals surface area contributed by atoms with E-state index in [1.54, 1.807) is 12.4 Å². The molecule has 0 saturated carbocycles. The molecule has 0 fully saturated rings. The number of hydrogen-bond donors (Lipinski definition) is 0. The molecule has 0 N–H and O–H groups in total. The Kier molecular flexibility index (Phi) is 3.81. The summed E-state index contributed by atoms with van der Waals surface area (Å²) in [5.41, 5.74) is 4.36. The van der Waals surface area contributed by atoms with Crippen molar-refractivity contribution in [2.45, 2.75) is 20.4 Å². The minimum atomic E-state index is -0.357. The highest BCUT2D eigenvalue weighted by molar-refractivity contribution is 6.33. The van der Waals surface area contributed by atoms with Crippen LogP contribution in [0.2, 0.25) is 5.02 Å². The van der Waals surface area contributed by atoms with Gasteiger partial charge in [-0.3, -0.25) is 4.57 Å². The Balaban J connectivity index is 2.05. The molecule has 0 saturated heterocycles. The van der Waals surface area contributed by atoms with Gasteiger partial charge in [0.25, 0.3) is 0 Å². The zero-order valence-corrected chi connectivity index (χ0v) is 14.6. The van der Waals surface area contributed by atoms with E-state index in [2.05, 4.69) is 10.1 Å². The fourth-order valence-corrected chi connectivity index (χ4v) is 3.43. The fraction of sp³-hybridized carbons (Fsp3) is 0.158. The first-order valence-electron chi connectivity index (χ1n) is 8.05. The predicted octanol–water partition coefficient (Wildman–Crippen LogP) is 5.01. The second-order valence-corrected chi connectivity index (χ2v) is 6.23. The Bertz CT molecular complexity index is 1080. The summed E-state index contributed by atoms with van der Waals surface area (Å²) in [6.45, 7) is 4.66. The van der Waals surface area contributed by atoms with Crippen molar-refractivity contribution in [3.8, 4) is 16.9 Å². The molecule has 0 aliphatic carbocycles. The van der Waals surface area contributed by atoms with Gasteiger partial charge in [0, 0.05) is 17.7 Å². The third-order valence-electron chi connectivity index (χ3n) is 4.28. The molecule has 0 bridgehead atoms. The highest BCUT2D eigenvalue weighted by Crippen LogP contribution is 2.36. The number of benzene rings is 2. The molecule has 6 heteroatoms. The van der Waals surface area contributed by atoms with Gasteiger partial charge in [0.05, 0.1) is 21.7 Å². The monoisotopic (exact) mass is 354 g/mol. The maximum Gasteiger partial charge on any atom is 0.145 e. The van der Waals surface area contributed by atoms with Crippen molar-refractivity contribution < 1.29 is 4.39 Å². The van der Waals surface area contributed by atoms with Crippen LogP contribution in [0.1, 0.15) is 12.6 Å². The third-order valence-corrected chi connectivity index (χ3v) is 4.60. The van der Waals surface area contributed by atoms with Crippen LogP contribution in [0.5, 0.6) is 0 Å². The Morgan fingerprint density at radius 2 is 1.96 bits per heavy atom. The number of aryl methyl sites for hydroxylation is 2. The highest BCUT2D eigenvalue weighted by Gasteiger charge is 2.21. The van der Waals surface area contributed by atoms with Crippen molar-refractivity contribution in [2.75, 3.05) is 0 Å². The quantitative estimate of drug-likeness (QED) is 0.518. The summed E-state index contributed by atoms with van der Waals surface area (Å²) in [6.07, 6.45) is 1.79. The van der Waals surface area contributed by atoms with Gasteiger partial charge < -0.3 is 0 Å². The average Bonchev–Trinajstić information content (AvgIpc) is 3.15. The Morgan fingerprint density at radius 1 is 1.16 bits per heavy atom. The molecule has 0 radical (unpaired) electrons. The molecule has 2 aromatic carbocycles. The van der Waals surface area contributed by atoms with Gasteiger partial charge in [-0.25, -0.2) is 14.1 Å². The lowest BCUT2D eigenvalue weighted by Gasteiger charge is -2.11. The van der Waals surface area contributed by atoms with Crippen LogP contribution < -0.4 is 0 Å². The zero-order chi connectivity index (χ0) is 17.6. The van der Waals surface area contributed by atoms with Gasteiger partial charge in [-0.1, -0.05) is 23.7 Å². The molecule has 2 heterocycles. The normalized spacial score (nSPS) is 11.4. The lowest BCUT2D eigenvalue weighted by atomic mass is 10.1. The molecule has 0 spiro atoms. The van der Waals surface area contributed by atoms with E-state index in [1.807, 2.05) is 47.4 Å². The van der Waals surface area contributed by atoms with Crippen molar-refractivity contribution in [3.05, 3.63) is 65.3 Å². The van der Waals surface area contributed by atoms with E-state index in [1.165, 1.54) is 12.1 Å². The van der Waals surface area contributed by atoms with Gasteiger partial charge >= 0.3 is 0 Å². The second-order valence-electron chi connectivity index (χ2n) is 5.83. The largest absolute Gasteiger partial charge is 0.283 e. The summed E-state index contributed by atoms with van der Waals surface area (Å²) in [6, 6.07) is 12.4. The SMILES string of the molecule is CCn1nc(C)c(-c2ccc(F)cc2Cl)c1-n1cnc2ccccc21. The molecule has 4 rings (SSSR count). The van der Waals surface area contributed by atoms with Gasteiger partial charge in [0.15, 0.2) is 0 Å². The Labute approximate surface area is 149 Å². The van der Waals surface area contributed by atoms with Crippen LogP contribution in [-0.2, 0) is 6.54 Å². The minimum Gasteiger partial charge on any atom is -0.283 e. The Hall–Kier alpha value is -2.66. The number of hydrogen-bond acceptors (Lipinski definition) is 2. The smallest absolute Gasteiger partial charge is 0.145 e. The summed E-state index contributed by atoms with van der Waals surface area (Å²) in [5, 5.41) is 5.01. The number of halogens is 2. The first-order valence-corrected chi connectivity index (χ1v) is 8.43. The number of imidazole rings is 1. The maximum absolute atomic E-state index is 13.5. The minimum absolute atomic E-state index is 0.357. The average molecular weight is 355 g/mol. The van der Waals surface area contributed by atoms with Crippen LogP contribution in [0.15, 0.2) is 48.8 Å². The molecule has 0 unspecified atom stereocenters. The van der Waals surface area contributed by atoms with Crippen molar-refractivity contribution in [1.82, 2.24) is 19.3 Å². The number of rotatable bonds is 3. The zero-order valence-electron chi connectivity index (χ0n) is 13.9. The molecule has 0 amide bonds. The van der Waals surface area contributed by atoms with E-state index >= 15 is 0 Å². The predicted molar refractivity (Wildman–Crippen MR) is 97.7 cm³/mol.